The van der Waals surface area contributed by atoms with E-state index in [1.165, 1.54) is 41.0 Å². The van der Waals surface area contributed by atoms with Gasteiger partial charge in [-0.3, -0.25) is 0 Å². The first kappa shape index (κ1) is 17.3. The van der Waals surface area contributed by atoms with Gasteiger partial charge < -0.3 is 5.32 Å². The van der Waals surface area contributed by atoms with Gasteiger partial charge in [-0.05, 0) is 63.8 Å². The minimum absolute atomic E-state index is 0.148. The number of anilines is 1. The molecule has 1 unspecified atom stereocenters. The lowest BCUT2D eigenvalue weighted by Gasteiger charge is -2.27. The fourth-order valence-electron chi connectivity index (χ4n) is 3.69. The Bertz CT molecular complexity index is 808. The van der Waals surface area contributed by atoms with Crippen LogP contribution < -0.4 is 5.32 Å². The summed E-state index contributed by atoms with van der Waals surface area (Å²) >= 11 is 8.28. The molecule has 3 nitrogen and oxygen atoms in total. The van der Waals surface area contributed by atoms with Crippen LogP contribution in [0, 0.1) is 6.92 Å². The number of halogens is 1. The zero-order chi connectivity index (χ0) is 17.8. The Morgan fingerprint density at radius 2 is 2.12 bits per heavy atom. The van der Waals surface area contributed by atoms with Crippen LogP contribution in [-0.2, 0) is 6.54 Å². The van der Waals surface area contributed by atoms with Crippen molar-refractivity contribution < 1.29 is 0 Å². The van der Waals surface area contributed by atoms with E-state index in [0.29, 0.717) is 11.2 Å². The molecule has 0 amide bonds. The number of nitrogens with zero attached hydrogens (tertiary/aromatic N) is 2. The van der Waals surface area contributed by atoms with Crippen molar-refractivity contribution in [3.05, 3.63) is 45.6 Å². The second-order valence-electron chi connectivity index (χ2n) is 7.85. The molecule has 0 saturated heterocycles. The topological polar surface area (TPSA) is 29.9 Å². The number of nitrogens with one attached hydrogen (secondary N) is 1. The number of hydrogen-bond donors (Lipinski definition) is 1. The minimum atomic E-state index is 0.148. The van der Waals surface area contributed by atoms with Gasteiger partial charge in [0, 0.05) is 34.3 Å². The second kappa shape index (κ2) is 6.24. The maximum atomic E-state index is 6.23. The summed E-state index contributed by atoms with van der Waals surface area (Å²) in [7, 11) is 0. The monoisotopic (exact) mass is 375 g/mol. The van der Waals surface area contributed by atoms with Crippen LogP contribution in [0.5, 0.6) is 0 Å². The van der Waals surface area contributed by atoms with Crippen LogP contribution in [0.4, 0.5) is 5.82 Å². The molecule has 25 heavy (non-hydrogen) atoms. The molecule has 2 aromatic rings. The summed E-state index contributed by atoms with van der Waals surface area (Å²) in [6.07, 6.45) is 2.54. The van der Waals surface area contributed by atoms with Crippen molar-refractivity contribution in [3.63, 3.8) is 0 Å². The fraction of sp³-hybridized carbons (Fsp3) is 0.550. The fourth-order valence-corrected chi connectivity index (χ4v) is 5.46. The van der Waals surface area contributed by atoms with Gasteiger partial charge >= 0.3 is 0 Å². The highest BCUT2D eigenvalue weighted by Crippen LogP contribution is 2.53. The summed E-state index contributed by atoms with van der Waals surface area (Å²) in [5.74, 6) is 1.86. The van der Waals surface area contributed by atoms with Gasteiger partial charge in [-0.15, -0.1) is 11.8 Å². The lowest BCUT2D eigenvalue weighted by Crippen LogP contribution is -2.26. The Hall–Kier alpha value is -1.13. The average molecular weight is 376 g/mol. The molecule has 2 aliphatic rings. The Balaban J connectivity index is 1.91. The first-order chi connectivity index (χ1) is 11.9. The summed E-state index contributed by atoms with van der Waals surface area (Å²) in [4.78, 5) is 0. The van der Waals surface area contributed by atoms with Crippen LogP contribution in [-0.4, -0.2) is 21.1 Å². The number of hydrogen-bond acceptors (Lipinski definition) is 3. The molecule has 0 spiro atoms. The molecule has 1 fully saturated rings. The van der Waals surface area contributed by atoms with Crippen molar-refractivity contribution in [2.45, 2.75) is 63.0 Å². The molecule has 1 saturated carbocycles. The minimum Gasteiger partial charge on any atom is -0.369 e. The molecule has 2 heterocycles. The van der Waals surface area contributed by atoms with Gasteiger partial charge in [0.15, 0.2) is 0 Å². The molecule has 0 radical (unpaired) electrons. The summed E-state index contributed by atoms with van der Waals surface area (Å²) in [6.45, 7) is 10.9. The molecule has 1 N–H and O–H groups in total. The number of fused-ring (bicyclic) bond motifs is 1. The number of rotatable bonds is 3. The largest absolute Gasteiger partial charge is 0.369 e. The number of benzene rings is 1. The highest BCUT2D eigenvalue weighted by atomic mass is 35.5. The SMILES string of the molecule is CCn1nc(C2CC2)c2c1NCC(C)(C)SC2c1ccc(Cl)cc1C. The molecule has 1 aromatic heterocycles. The summed E-state index contributed by atoms with van der Waals surface area (Å²) in [6, 6.07) is 6.32. The first-order valence-corrected chi connectivity index (χ1v) is 10.4. The Morgan fingerprint density at radius 3 is 2.76 bits per heavy atom. The second-order valence-corrected chi connectivity index (χ2v) is 10.1. The van der Waals surface area contributed by atoms with Crippen LogP contribution in [0.15, 0.2) is 18.2 Å². The smallest absolute Gasteiger partial charge is 0.129 e. The van der Waals surface area contributed by atoms with Crippen LogP contribution >= 0.6 is 23.4 Å². The van der Waals surface area contributed by atoms with E-state index in [2.05, 4.69) is 49.8 Å². The van der Waals surface area contributed by atoms with E-state index < -0.39 is 0 Å². The van der Waals surface area contributed by atoms with E-state index >= 15 is 0 Å². The van der Waals surface area contributed by atoms with Crippen molar-refractivity contribution in [3.8, 4) is 0 Å². The third-order valence-corrected chi connectivity index (χ3v) is 6.92. The zero-order valence-corrected chi connectivity index (χ0v) is 17.0. The molecule has 4 rings (SSSR count). The van der Waals surface area contributed by atoms with Crippen molar-refractivity contribution in [2.75, 3.05) is 11.9 Å². The van der Waals surface area contributed by atoms with Crippen LogP contribution in [0.3, 0.4) is 0 Å². The van der Waals surface area contributed by atoms with Crippen LogP contribution in [0.1, 0.15) is 67.2 Å². The van der Waals surface area contributed by atoms with Crippen molar-refractivity contribution in [1.29, 1.82) is 0 Å². The van der Waals surface area contributed by atoms with E-state index in [-0.39, 0.29) is 4.75 Å². The van der Waals surface area contributed by atoms with Gasteiger partial charge in [0.05, 0.1) is 10.9 Å². The third kappa shape index (κ3) is 3.19. The molecular weight excluding hydrogens is 350 g/mol. The molecule has 1 aliphatic carbocycles. The van der Waals surface area contributed by atoms with Crippen molar-refractivity contribution in [1.82, 2.24) is 9.78 Å². The lowest BCUT2D eigenvalue weighted by atomic mass is 9.98. The van der Waals surface area contributed by atoms with Crippen LogP contribution in [0.2, 0.25) is 5.02 Å². The number of aromatic nitrogens is 2. The van der Waals surface area contributed by atoms with E-state index in [9.17, 15) is 0 Å². The van der Waals surface area contributed by atoms with Gasteiger partial charge in [-0.2, -0.15) is 5.10 Å². The van der Waals surface area contributed by atoms with Gasteiger partial charge in [0.2, 0.25) is 0 Å². The van der Waals surface area contributed by atoms with Gasteiger partial charge in [-0.25, -0.2) is 4.68 Å². The number of thioether (sulfide) groups is 1. The van der Waals surface area contributed by atoms with Gasteiger partial charge in [0.25, 0.3) is 0 Å². The summed E-state index contributed by atoms with van der Waals surface area (Å²) < 4.78 is 2.32. The average Bonchev–Trinajstić information content (AvgIpc) is 3.33. The molecule has 1 aliphatic heterocycles. The first-order valence-electron chi connectivity index (χ1n) is 9.18. The summed E-state index contributed by atoms with van der Waals surface area (Å²) in [5.41, 5.74) is 5.35. The highest BCUT2D eigenvalue weighted by molar-refractivity contribution is 8.01. The normalized spacial score (nSPS) is 22.2. The zero-order valence-electron chi connectivity index (χ0n) is 15.4. The number of aryl methyl sites for hydroxylation is 2. The van der Waals surface area contributed by atoms with E-state index in [4.69, 9.17) is 16.7 Å². The predicted octanol–water partition coefficient (Wildman–Crippen LogP) is 5.77. The van der Waals surface area contributed by atoms with Crippen molar-refractivity contribution >= 4 is 29.2 Å². The Labute approximate surface area is 159 Å². The predicted molar refractivity (Wildman–Crippen MR) is 108 cm³/mol. The maximum absolute atomic E-state index is 6.23. The van der Waals surface area contributed by atoms with Gasteiger partial charge in [0.1, 0.15) is 5.82 Å². The molecule has 134 valence electrons. The standard InChI is InChI=1S/C20H26ClN3S/c1-5-24-19-16(17(23-24)13-6-7-13)18(25-20(3,4)11-22-19)15-9-8-14(21)10-12(15)2/h8-10,13,18,22H,5-7,11H2,1-4H3. The highest BCUT2D eigenvalue weighted by Gasteiger charge is 2.40. The van der Waals surface area contributed by atoms with E-state index in [1.54, 1.807) is 0 Å². The molecule has 1 aromatic carbocycles. The molecular formula is C20H26ClN3S. The molecule has 5 heteroatoms. The summed E-state index contributed by atoms with van der Waals surface area (Å²) in [5, 5.41) is 9.83. The molecule has 0 bridgehead atoms. The van der Waals surface area contributed by atoms with Crippen molar-refractivity contribution in [2.24, 2.45) is 0 Å². The van der Waals surface area contributed by atoms with Gasteiger partial charge in [-0.1, -0.05) is 17.7 Å². The molecule has 1 atom stereocenters. The lowest BCUT2D eigenvalue weighted by molar-refractivity contribution is 0.645. The third-order valence-electron chi connectivity index (χ3n) is 5.18. The van der Waals surface area contributed by atoms with E-state index in [0.717, 1.165) is 18.1 Å². The Morgan fingerprint density at radius 1 is 1.36 bits per heavy atom. The van der Waals surface area contributed by atoms with Crippen LogP contribution in [0.25, 0.3) is 0 Å². The Kier molecular flexibility index (Phi) is 4.32. The quantitative estimate of drug-likeness (QED) is 0.738. The maximum Gasteiger partial charge on any atom is 0.129 e. The van der Waals surface area contributed by atoms with E-state index in [1.807, 2.05) is 17.8 Å².